The van der Waals surface area contributed by atoms with E-state index in [4.69, 9.17) is 4.74 Å². The Morgan fingerprint density at radius 1 is 0.741 bits per heavy atom. The van der Waals surface area contributed by atoms with Crippen molar-refractivity contribution in [2.75, 3.05) is 30.0 Å². The quantitative estimate of drug-likeness (QED) is 0.673. The number of rotatable bonds is 4. The van der Waals surface area contributed by atoms with Crippen molar-refractivity contribution >= 4 is 17.1 Å². The van der Waals surface area contributed by atoms with Crippen LogP contribution in [0.4, 0.5) is 11.4 Å². The minimum Gasteiger partial charge on any atom is -0.504 e. The number of hydrogen-bond acceptors (Lipinski definition) is 4. The van der Waals surface area contributed by atoms with Gasteiger partial charge in [0.1, 0.15) is 5.75 Å². The molecular weight excluding hydrogens is 336 g/mol. The molecule has 3 aromatic carbocycles. The first kappa shape index (κ1) is 17.0. The molecular formula is C23H22N2O2. The summed E-state index contributed by atoms with van der Waals surface area (Å²) in [4.78, 5) is 4.32. The van der Waals surface area contributed by atoms with E-state index >= 15 is 0 Å². The maximum absolute atomic E-state index is 11.2. The molecule has 0 radical (unpaired) electrons. The van der Waals surface area contributed by atoms with E-state index in [0.717, 1.165) is 41.6 Å². The van der Waals surface area contributed by atoms with Crippen molar-refractivity contribution in [2.45, 2.75) is 0 Å². The van der Waals surface area contributed by atoms with Crippen LogP contribution in [0, 0.1) is 0 Å². The van der Waals surface area contributed by atoms with Crippen LogP contribution in [0.2, 0.25) is 0 Å². The van der Waals surface area contributed by atoms with E-state index < -0.39 is 0 Å². The average molecular weight is 358 g/mol. The number of methoxy groups -OCH3 is 1. The lowest BCUT2D eigenvalue weighted by molar-refractivity contribution is 0.414. The average Bonchev–Trinajstić information content (AvgIpc) is 3.20. The molecule has 0 bridgehead atoms. The molecule has 4 nitrogen and oxygen atoms in total. The summed E-state index contributed by atoms with van der Waals surface area (Å²) in [6, 6.07) is 27.8. The topological polar surface area (TPSA) is 35.9 Å². The lowest BCUT2D eigenvalue weighted by Crippen LogP contribution is -2.24. The summed E-state index contributed by atoms with van der Waals surface area (Å²) in [5.74, 6) is 1.81. The zero-order valence-corrected chi connectivity index (χ0v) is 15.2. The van der Waals surface area contributed by atoms with Gasteiger partial charge >= 0.3 is 0 Å². The number of hydrogen-bond donors (Lipinski definition) is 1. The van der Waals surface area contributed by atoms with Gasteiger partial charge in [-0.15, -0.1) is 0 Å². The van der Waals surface area contributed by atoms with E-state index in [1.807, 2.05) is 60.7 Å². The van der Waals surface area contributed by atoms with Gasteiger partial charge in [0.2, 0.25) is 0 Å². The Balaban J connectivity index is 1.82. The molecule has 4 heteroatoms. The van der Waals surface area contributed by atoms with Crippen LogP contribution in [-0.2, 0) is 0 Å². The van der Waals surface area contributed by atoms with Crippen LogP contribution in [0.1, 0.15) is 5.56 Å². The second kappa shape index (κ2) is 7.46. The Morgan fingerprint density at radius 3 is 1.67 bits per heavy atom. The van der Waals surface area contributed by atoms with E-state index in [2.05, 4.69) is 34.1 Å². The van der Waals surface area contributed by atoms with Crippen molar-refractivity contribution in [3.63, 3.8) is 0 Å². The van der Waals surface area contributed by atoms with Gasteiger partial charge < -0.3 is 19.6 Å². The first-order valence-electron chi connectivity index (χ1n) is 9.01. The monoisotopic (exact) mass is 358 g/mol. The number of nitrogens with zero attached hydrogens (tertiary/aromatic N) is 2. The van der Waals surface area contributed by atoms with Crippen molar-refractivity contribution in [2.24, 2.45) is 0 Å². The lowest BCUT2D eigenvalue weighted by atomic mass is 10.1. The largest absolute Gasteiger partial charge is 0.504 e. The Bertz CT molecular complexity index is 872. The second-order valence-corrected chi connectivity index (χ2v) is 6.38. The standard InChI is InChI=1S/C23H22N2O2/c1-27-21-14-12-18(13-15-21)22(26)23-24(19-8-4-2-5-9-19)16-17-25(23)20-10-6-3-7-11-20/h2-15,26H,16-17H2,1H3. The molecule has 0 aliphatic carbocycles. The fourth-order valence-corrected chi connectivity index (χ4v) is 3.41. The first-order valence-corrected chi connectivity index (χ1v) is 9.01. The van der Waals surface area contributed by atoms with Gasteiger partial charge in [-0.2, -0.15) is 0 Å². The molecule has 1 aliphatic heterocycles. The molecule has 27 heavy (non-hydrogen) atoms. The predicted molar refractivity (Wildman–Crippen MR) is 110 cm³/mol. The zero-order chi connectivity index (χ0) is 18.6. The fraction of sp³-hybridized carbons (Fsp3) is 0.130. The summed E-state index contributed by atoms with van der Waals surface area (Å²) in [5, 5.41) is 11.2. The smallest absolute Gasteiger partial charge is 0.164 e. The van der Waals surface area contributed by atoms with E-state index in [0.29, 0.717) is 0 Å². The summed E-state index contributed by atoms with van der Waals surface area (Å²) in [7, 11) is 1.64. The highest BCUT2D eigenvalue weighted by molar-refractivity contribution is 5.76. The van der Waals surface area contributed by atoms with Crippen LogP contribution < -0.4 is 14.5 Å². The van der Waals surface area contributed by atoms with Crippen molar-refractivity contribution in [1.82, 2.24) is 0 Å². The molecule has 1 aliphatic rings. The van der Waals surface area contributed by atoms with Gasteiger partial charge in [0, 0.05) is 30.0 Å². The highest BCUT2D eigenvalue weighted by Gasteiger charge is 2.30. The number of aliphatic hydroxyl groups is 1. The highest BCUT2D eigenvalue weighted by Crippen LogP contribution is 2.34. The van der Waals surface area contributed by atoms with Crippen molar-refractivity contribution < 1.29 is 9.84 Å². The molecule has 1 fully saturated rings. The number of aliphatic hydroxyl groups excluding tert-OH is 1. The van der Waals surface area contributed by atoms with E-state index in [-0.39, 0.29) is 5.76 Å². The minimum absolute atomic E-state index is 0.253. The van der Waals surface area contributed by atoms with Crippen LogP contribution in [-0.4, -0.2) is 25.3 Å². The molecule has 0 aromatic heterocycles. The maximum atomic E-state index is 11.2. The molecule has 1 N–H and O–H groups in total. The predicted octanol–water partition coefficient (Wildman–Crippen LogP) is 4.91. The minimum atomic E-state index is 0.253. The van der Waals surface area contributed by atoms with Crippen molar-refractivity contribution in [1.29, 1.82) is 0 Å². The van der Waals surface area contributed by atoms with Gasteiger partial charge in [-0.25, -0.2) is 0 Å². The molecule has 0 unspecified atom stereocenters. The molecule has 0 saturated carbocycles. The van der Waals surface area contributed by atoms with Gasteiger partial charge in [-0.1, -0.05) is 36.4 Å². The van der Waals surface area contributed by atoms with Gasteiger partial charge in [-0.05, 0) is 48.5 Å². The van der Waals surface area contributed by atoms with Gasteiger partial charge in [0.25, 0.3) is 0 Å². The van der Waals surface area contributed by atoms with E-state index in [1.54, 1.807) is 7.11 Å². The Labute approximate surface area is 159 Å². The Kier molecular flexibility index (Phi) is 4.71. The molecule has 1 saturated heterocycles. The molecule has 0 amide bonds. The molecule has 136 valence electrons. The van der Waals surface area contributed by atoms with Crippen LogP contribution in [0.15, 0.2) is 90.8 Å². The van der Waals surface area contributed by atoms with Crippen molar-refractivity contribution in [3.05, 3.63) is 96.3 Å². The van der Waals surface area contributed by atoms with Gasteiger partial charge in [0.05, 0.1) is 7.11 Å². The SMILES string of the molecule is COc1ccc(C(O)=C2N(c3ccccc3)CCN2c2ccccc2)cc1. The van der Waals surface area contributed by atoms with Crippen LogP contribution in [0.25, 0.3) is 5.76 Å². The lowest BCUT2D eigenvalue weighted by Gasteiger charge is -2.26. The summed E-state index contributed by atoms with van der Waals surface area (Å²) in [5.41, 5.74) is 2.88. The number of ether oxygens (including phenoxy) is 1. The molecule has 0 atom stereocenters. The van der Waals surface area contributed by atoms with Crippen molar-refractivity contribution in [3.8, 4) is 5.75 Å². The summed E-state index contributed by atoms with van der Waals surface area (Å²) in [6.45, 7) is 1.60. The van der Waals surface area contributed by atoms with Crippen LogP contribution in [0.5, 0.6) is 5.75 Å². The Hall–Kier alpha value is -3.40. The van der Waals surface area contributed by atoms with Gasteiger partial charge in [-0.3, -0.25) is 0 Å². The third-order valence-electron chi connectivity index (χ3n) is 4.77. The molecule has 3 aromatic rings. The molecule has 4 rings (SSSR count). The number of para-hydroxylation sites is 2. The van der Waals surface area contributed by atoms with Crippen LogP contribution >= 0.6 is 0 Å². The Morgan fingerprint density at radius 2 is 1.22 bits per heavy atom. The number of anilines is 2. The van der Waals surface area contributed by atoms with E-state index in [9.17, 15) is 5.11 Å². The second-order valence-electron chi connectivity index (χ2n) is 6.38. The summed E-state index contributed by atoms with van der Waals surface area (Å²) < 4.78 is 5.24. The summed E-state index contributed by atoms with van der Waals surface area (Å²) in [6.07, 6.45) is 0. The highest BCUT2D eigenvalue weighted by atomic mass is 16.5. The molecule has 1 heterocycles. The molecule has 0 spiro atoms. The third-order valence-corrected chi connectivity index (χ3v) is 4.77. The summed E-state index contributed by atoms with van der Waals surface area (Å²) >= 11 is 0. The first-order chi connectivity index (χ1) is 13.3. The van der Waals surface area contributed by atoms with Crippen LogP contribution in [0.3, 0.4) is 0 Å². The normalized spacial score (nSPS) is 13.7. The third kappa shape index (κ3) is 3.34. The fourth-order valence-electron chi connectivity index (χ4n) is 3.41. The van der Waals surface area contributed by atoms with Gasteiger partial charge in [0.15, 0.2) is 11.6 Å². The van der Waals surface area contributed by atoms with E-state index in [1.165, 1.54) is 0 Å². The number of benzene rings is 3. The maximum Gasteiger partial charge on any atom is 0.164 e. The zero-order valence-electron chi connectivity index (χ0n) is 15.2.